The second-order valence-electron chi connectivity index (χ2n) is 7.28. The number of aliphatic hydroxyl groups is 1. The lowest BCUT2D eigenvalue weighted by molar-refractivity contribution is 0.199. The van der Waals surface area contributed by atoms with Crippen LogP contribution in [0.2, 0.25) is 0 Å². The molecule has 6 heteroatoms. The molecule has 1 unspecified atom stereocenters. The number of aromatic nitrogens is 4. The van der Waals surface area contributed by atoms with Crippen LogP contribution in [0.1, 0.15) is 43.0 Å². The van der Waals surface area contributed by atoms with E-state index in [1.807, 2.05) is 18.2 Å². The van der Waals surface area contributed by atoms with E-state index < -0.39 is 6.10 Å². The van der Waals surface area contributed by atoms with E-state index in [1.54, 1.807) is 36.1 Å². The van der Waals surface area contributed by atoms with E-state index in [1.165, 1.54) is 18.9 Å². The fourth-order valence-corrected chi connectivity index (χ4v) is 3.49. The van der Waals surface area contributed by atoms with Crippen LogP contribution in [-0.4, -0.2) is 24.9 Å². The Hall–Kier alpha value is -3.12. The highest BCUT2D eigenvalue weighted by atomic mass is 19.1. The molecule has 1 saturated carbocycles. The van der Waals surface area contributed by atoms with Gasteiger partial charge in [-0.05, 0) is 43.5 Å². The average molecular weight is 374 g/mol. The fraction of sp³-hybridized carbons (Fsp3) is 0.227. The first-order chi connectivity index (χ1) is 13.6. The Kier molecular flexibility index (Phi) is 3.94. The number of aliphatic hydroxyl groups excluding tert-OH is 1. The Morgan fingerprint density at radius 1 is 1.11 bits per heavy atom. The van der Waals surface area contributed by atoms with Crippen molar-refractivity contribution in [2.45, 2.75) is 31.8 Å². The maximum absolute atomic E-state index is 14.3. The van der Waals surface area contributed by atoms with Crippen LogP contribution < -0.4 is 0 Å². The van der Waals surface area contributed by atoms with Crippen LogP contribution in [0.3, 0.4) is 0 Å². The van der Waals surface area contributed by atoms with Crippen molar-refractivity contribution in [3.63, 3.8) is 0 Å². The van der Waals surface area contributed by atoms with Gasteiger partial charge in [0, 0.05) is 34.8 Å². The largest absolute Gasteiger partial charge is 0.389 e. The lowest BCUT2D eigenvalue weighted by atomic mass is 10.0. The summed E-state index contributed by atoms with van der Waals surface area (Å²) in [6.45, 7) is 1.65. The maximum atomic E-state index is 14.3. The summed E-state index contributed by atoms with van der Waals surface area (Å²) in [6.07, 6.45) is 4.86. The molecule has 0 aliphatic heterocycles. The molecule has 2 heterocycles. The molecule has 1 aliphatic carbocycles. The molecule has 0 radical (unpaired) electrons. The highest BCUT2D eigenvalue weighted by molar-refractivity contribution is 5.84. The van der Waals surface area contributed by atoms with Crippen LogP contribution in [0.25, 0.3) is 28.0 Å². The summed E-state index contributed by atoms with van der Waals surface area (Å²) < 4.78 is 16.1. The second kappa shape index (κ2) is 6.49. The van der Waals surface area contributed by atoms with Gasteiger partial charge in [-0.25, -0.2) is 14.4 Å². The summed E-state index contributed by atoms with van der Waals surface area (Å²) in [7, 11) is 0. The second-order valence-corrected chi connectivity index (χ2v) is 7.28. The zero-order valence-electron chi connectivity index (χ0n) is 15.4. The van der Waals surface area contributed by atoms with Gasteiger partial charge < -0.3 is 5.11 Å². The molecule has 0 amide bonds. The van der Waals surface area contributed by atoms with Crippen LogP contribution in [-0.2, 0) is 0 Å². The molecular weight excluding hydrogens is 355 g/mol. The quantitative estimate of drug-likeness (QED) is 0.569. The lowest BCUT2D eigenvalue weighted by Crippen LogP contribution is -2.03. The molecule has 4 aromatic rings. The fourth-order valence-electron chi connectivity index (χ4n) is 3.49. The first-order valence-electron chi connectivity index (χ1n) is 9.40. The highest BCUT2D eigenvalue weighted by Gasteiger charge is 2.29. The molecule has 5 nitrogen and oxygen atoms in total. The number of rotatable bonds is 4. The minimum atomic E-state index is -0.671. The molecule has 1 fully saturated rings. The van der Waals surface area contributed by atoms with E-state index in [9.17, 15) is 9.50 Å². The zero-order chi connectivity index (χ0) is 19.3. The molecule has 140 valence electrons. The number of nitrogens with zero attached hydrogens (tertiary/aromatic N) is 4. The van der Waals surface area contributed by atoms with E-state index in [0.29, 0.717) is 28.6 Å². The van der Waals surface area contributed by atoms with Crippen molar-refractivity contribution in [3.05, 3.63) is 71.9 Å². The van der Waals surface area contributed by atoms with Gasteiger partial charge in [-0.15, -0.1) is 0 Å². The topological polar surface area (TPSA) is 63.8 Å². The Morgan fingerprint density at radius 3 is 2.57 bits per heavy atom. The highest BCUT2D eigenvalue weighted by Crippen LogP contribution is 2.42. The van der Waals surface area contributed by atoms with Gasteiger partial charge >= 0.3 is 0 Å². The molecule has 2 aromatic heterocycles. The summed E-state index contributed by atoms with van der Waals surface area (Å²) in [5, 5.41) is 15.7. The van der Waals surface area contributed by atoms with E-state index in [2.05, 4.69) is 16.0 Å². The summed E-state index contributed by atoms with van der Waals surface area (Å²) in [5.74, 6) is 0.600. The molecule has 0 spiro atoms. The third-order valence-electron chi connectivity index (χ3n) is 5.19. The molecule has 0 bridgehead atoms. The van der Waals surface area contributed by atoms with Crippen molar-refractivity contribution in [1.82, 2.24) is 19.7 Å². The smallest absolute Gasteiger partial charge is 0.251 e. The van der Waals surface area contributed by atoms with Gasteiger partial charge in [0.15, 0.2) is 0 Å². The zero-order valence-corrected chi connectivity index (χ0v) is 15.4. The van der Waals surface area contributed by atoms with Crippen LogP contribution in [0.15, 0.2) is 54.9 Å². The molecule has 28 heavy (non-hydrogen) atoms. The number of hydrogen-bond donors (Lipinski definition) is 1. The minimum Gasteiger partial charge on any atom is -0.389 e. The molecule has 5 rings (SSSR count). The van der Waals surface area contributed by atoms with Crippen molar-refractivity contribution < 1.29 is 9.50 Å². The van der Waals surface area contributed by atoms with E-state index in [4.69, 9.17) is 5.10 Å². The summed E-state index contributed by atoms with van der Waals surface area (Å²) in [5.41, 5.74) is 3.64. The summed E-state index contributed by atoms with van der Waals surface area (Å²) in [4.78, 5) is 8.89. The van der Waals surface area contributed by atoms with Crippen molar-refractivity contribution in [1.29, 1.82) is 0 Å². The molecule has 0 saturated heterocycles. The number of fused-ring (bicyclic) bond motifs is 1. The van der Waals surface area contributed by atoms with E-state index in [-0.39, 0.29) is 5.82 Å². The van der Waals surface area contributed by atoms with E-state index in [0.717, 1.165) is 16.6 Å². The third-order valence-corrected chi connectivity index (χ3v) is 5.19. The van der Waals surface area contributed by atoms with Crippen LogP contribution in [0.4, 0.5) is 4.39 Å². The average Bonchev–Trinajstić information content (AvgIpc) is 3.49. The van der Waals surface area contributed by atoms with Gasteiger partial charge in [-0.1, -0.05) is 24.3 Å². The normalized spacial score (nSPS) is 15.1. The first kappa shape index (κ1) is 17.0. The van der Waals surface area contributed by atoms with Crippen molar-refractivity contribution in [3.8, 4) is 17.1 Å². The first-order valence-corrected chi connectivity index (χ1v) is 9.40. The van der Waals surface area contributed by atoms with Crippen LogP contribution in [0.5, 0.6) is 0 Å². The Bertz CT molecular complexity index is 1160. The van der Waals surface area contributed by atoms with E-state index >= 15 is 0 Å². The molecule has 1 atom stereocenters. The van der Waals surface area contributed by atoms with Crippen molar-refractivity contribution >= 4 is 10.9 Å². The Morgan fingerprint density at radius 2 is 1.86 bits per heavy atom. The number of benzene rings is 2. The van der Waals surface area contributed by atoms with Crippen LogP contribution >= 0.6 is 0 Å². The predicted octanol–water partition coefficient (Wildman–Crippen LogP) is 4.55. The maximum Gasteiger partial charge on any atom is 0.251 e. The number of hydrogen-bond acceptors (Lipinski definition) is 4. The number of halogens is 1. The SMILES string of the molecule is CC(O)c1ccc(F)c(-c2cnc(-n3nc(C4CC4)c4ccccc43)nc2)c1. The van der Waals surface area contributed by atoms with Gasteiger partial charge in [-0.3, -0.25) is 0 Å². The molecule has 1 aliphatic rings. The van der Waals surface area contributed by atoms with Gasteiger partial charge in [0.2, 0.25) is 0 Å². The Balaban J connectivity index is 1.57. The molecule has 1 N–H and O–H groups in total. The molecule has 2 aromatic carbocycles. The van der Waals surface area contributed by atoms with Gasteiger partial charge in [0.1, 0.15) is 5.82 Å². The van der Waals surface area contributed by atoms with Gasteiger partial charge in [0.05, 0.1) is 17.3 Å². The number of para-hydroxylation sites is 1. The van der Waals surface area contributed by atoms with Crippen molar-refractivity contribution in [2.75, 3.05) is 0 Å². The summed E-state index contributed by atoms with van der Waals surface area (Å²) >= 11 is 0. The Labute approximate surface area is 161 Å². The lowest BCUT2D eigenvalue weighted by Gasteiger charge is -2.09. The van der Waals surface area contributed by atoms with Crippen LogP contribution in [0, 0.1) is 5.82 Å². The third kappa shape index (κ3) is 2.86. The van der Waals surface area contributed by atoms with Crippen molar-refractivity contribution in [2.24, 2.45) is 0 Å². The monoisotopic (exact) mass is 374 g/mol. The standard InChI is InChI=1S/C22H19FN4O/c1-13(28)15-8-9-19(23)18(10-15)16-11-24-22(25-12-16)27-20-5-3-2-4-17(20)21(26-27)14-6-7-14/h2-5,8-14,28H,6-7H2,1H3. The molecular formula is C22H19FN4O. The summed E-state index contributed by atoms with van der Waals surface area (Å²) in [6, 6.07) is 12.6. The van der Waals surface area contributed by atoms with Gasteiger partial charge in [-0.2, -0.15) is 9.78 Å². The van der Waals surface area contributed by atoms with Gasteiger partial charge in [0.25, 0.3) is 5.95 Å². The minimum absolute atomic E-state index is 0.369. The predicted molar refractivity (Wildman–Crippen MR) is 105 cm³/mol.